The number of nitrogens with zero attached hydrogens (tertiary/aromatic N) is 1. The van der Waals surface area contributed by atoms with Crippen molar-refractivity contribution in [1.29, 1.82) is 0 Å². The van der Waals surface area contributed by atoms with E-state index in [9.17, 15) is 14.4 Å². The van der Waals surface area contributed by atoms with Crippen LogP contribution in [0.25, 0.3) is 0 Å². The molecule has 0 radical (unpaired) electrons. The number of carbonyl (C=O) groups excluding carboxylic acids is 3. The van der Waals surface area contributed by atoms with E-state index in [1.165, 1.54) is 17.7 Å². The van der Waals surface area contributed by atoms with Crippen molar-refractivity contribution in [1.82, 2.24) is 10.2 Å². The van der Waals surface area contributed by atoms with Gasteiger partial charge in [0.2, 0.25) is 5.91 Å². The van der Waals surface area contributed by atoms with Gasteiger partial charge in [0.1, 0.15) is 6.29 Å². The lowest BCUT2D eigenvalue weighted by Crippen LogP contribution is -2.53. The van der Waals surface area contributed by atoms with Gasteiger partial charge in [-0.2, -0.15) is 0 Å². The van der Waals surface area contributed by atoms with Crippen LogP contribution in [0.1, 0.15) is 78.1 Å². The van der Waals surface area contributed by atoms with Crippen LogP contribution in [-0.2, 0) is 9.59 Å². The van der Waals surface area contributed by atoms with Crippen LogP contribution in [-0.4, -0.2) is 35.2 Å². The highest BCUT2D eigenvalue weighted by atomic mass is 16.2. The molecular weight excluding hydrogens is 316 g/mol. The van der Waals surface area contributed by atoms with Gasteiger partial charge in [-0.3, -0.25) is 9.69 Å². The molecule has 3 amide bonds. The van der Waals surface area contributed by atoms with E-state index in [1.807, 2.05) is 13.8 Å². The molecule has 2 atom stereocenters. The Morgan fingerprint density at radius 1 is 0.960 bits per heavy atom. The third-order valence-electron chi connectivity index (χ3n) is 6.65. The molecule has 0 bridgehead atoms. The minimum Gasteiger partial charge on any atom is -0.335 e. The number of hydrogen-bond donors (Lipinski definition) is 1. The summed E-state index contributed by atoms with van der Waals surface area (Å²) in [6, 6.07) is -0.0427. The number of amides is 3. The number of aldehydes is 1. The molecule has 0 spiro atoms. The van der Waals surface area contributed by atoms with Crippen LogP contribution < -0.4 is 5.32 Å². The van der Waals surface area contributed by atoms with E-state index in [0.29, 0.717) is 0 Å². The summed E-state index contributed by atoms with van der Waals surface area (Å²) in [5, 5.41) is 3.12. The summed E-state index contributed by atoms with van der Waals surface area (Å²) in [5.41, 5.74) is -0.323. The molecule has 140 valence electrons. The Balaban J connectivity index is 1.73. The summed E-state index contributed by atoms with van der Waals surface area (Å²) < 4.78 is 0. The Hall–Kier alpha value is -1.39. The first-order valence-electron chi connectivity index (χ1n) is 10.1. The van der Waals surface area contributed by atoms with Crippen molar-refractivity contribution in [3.63, 3.8) is 0 Å². The molecule has 0 heterocycles. The van der Waals surface area contributed by atoms with Gasteiger partial charge in [0.15, 0.2) is 0 Å². The Morgan fingerprint density at radius 3 is 2.04 bits per heavy atom. The van der Waals surface area contributed by atoms with Gasteiger partial charge in [-0.1, -0.05) is 52.4 Å². The zero-order chi connectivity index (χ0) is 18.0. The Labute approximate surface area is 150 Å². The first-order chi connectivity index (χ1) is 12.0. The van der Waals surface area contributed by atoms with Crippen LogP contribution in [0.2, 0.25) is 0 Å². The van der Waals surface area contributed by atoms with Crippen LogP contribution in [0.3, 0.4) is 0 Å². The van der Waals surface area contributed by atoms with Gasteiger partial charge in [0, 0.05) is 18.0 Å². The van der Waals surface area contributed by atoms with Crippen LogP contribution in [0.4, 0.5) is 4.79 Å². The van der Waals surface area contributed by atoms with E-state index in [0.717, 1.165) is 57.7 Å². The van der Waals surface area contributed by atoms with Crippen LogP contribution in [0.5, 0.6) is 0 Å². The van der Waals surface area contributed by atoms with E-state index >= 15 is 0 Å². The minimum absolute atomic E-state index is 0.00598. The normalized spacial score (nSPS) is 29.7. The second kappa shape index (κ2) is 7.46. The van der Waals surface area contributed by atoms with Crippen LogP contribution in [0, 0.1) is 17.3 Å². The van der Waals surface area contributed by atoms with Gasteiger partial charge in [-0.15, -0.1) is 0 Å². The van der Waals surface area contributed by atoms with Crippen molar-refractivity contribution >= 4 is 18.2 Å². The minimum atomic E-state index is -0.343. The van der Waals surface area contributed by atoms with Gasteiger partial charge in [-0.05, 0) is 31.1 Å². The molecule has 0 aromatic heterocycles. The molecule has 5 heteroatoms. The summed E-state index contributed by atoms with van der Waals surface area (Å²) in [5.74, 6) is -0.736. The fourth-order valence-corrected chi connectivity index (χ4v) is 4.83. The highest BCUT2D eigenvalue weighted by Crippen LogP contribution is 2.58. The maximum atomic E-state index is 13.2. The van der Waals surface area contributed by atoms with Gasteiger partial charge >= 0.3 is 6.03 Å². The molecular formula is C20H32N2O3. The van der Waals surface area contributed by atoms with Crippen molar-refractivity contribution in [3.8, 4) is 0 Å². The molecule has 0 aliphatic heterocycles. The molecule has 3 aliphatic carbocycles. The number of carbonyl (C=O) groups is 3. The largest absolute Gasteiger partial charge is 0.335 e. The predicted molar refractivity (Wildman–Crippen MR) is 95.9 cm³/mol. The van der Waals surface area contributed by atoms with Gasteiger partial charge in [0.05, 0.1) is 5.92 Å². The molecule has 3 rings (SSSR count). The number of rotatable bonds is 4. The summed E-state index contributed by atoms with van der Waals surface area (Å²) in [6.45, 7) is 3.90. The first kappa shape index (κ1) is 18.4. The fraction of sp³-hybridized carbons (Fsp3) is 0.850. The smallest absolute Gasteiger partial charge is 0.324 e. The van der Waals surface area contributed by atoms with E-state index in [1.54, 1.807) is 0 Å². The highest BCUT2D eigenvalue weighted by molar-refractivity contribution is 5.99. The zero-order valence-corrected chi connectivity index (χ0v) is 15.6. The van der Waals surface area contributed by atoms with E-state index in [2.05, 4.69) is 5.32 Å². The monoisotopic (exact) mass is 348 g/mol. The third-order valence-corrected chi connectivity index (χ3v) is 6.65. The predicted octanol–water partition coefficient (Wildman–Crippen LogP) is 3.66. The molecule has 0 aromatic rings. The van der Waals surface area contributed by atoms with Crippen molar-refractivity contribution in [2.24, 2.45) is 17.3 Å². The average Bonchev–Trinajstić information content (AvgIpc) is 3.18. The molecule has 25 heavy (non-hydrogen) atoms. The van der Waals surface area contributed by atoms with Crippen molar-refractivity contribution in [2.45, 2.75) is 90.1 Å². The standard InChI is InChI=1S/C20H32N2O3/c1-20(2)16(13-23)17(20)18(24)22(15-11-7-4-8-12-15)19(25)21-14-9-5-3-6-10-14/h13-17H,3-12H2,1-2H3,(H,21,25). The Morgan fingerprint density at radius 2 is 1.52 bits per heavy atom. The van der Waals surface area contributed by atoms with Gasteiger partial charge in [0.25, 0.3) is 0 Å². The summed E-state index contributed by atoms with van der Waals surface area (Å²) in [4.78, 5) is 39.0. The summed E-state index contributed by atoms with van der Waals surface area (Å²) >= 11 is 0. The van der Waals surface area contributed by atoms with E-state index in [4.69, 9.17) is 0 Å². The molecule has 3 saturated carbocycles. The number of hydrogen-bond acceptors (Lipinski definition) is 3. The topological polar surface area (TPSA) is 66.5 Å². The summed E-state index contributed by atoms with van der Waals surface area (Å²) in [7, 11) is 0. The Kier molecular flexibility index (Phi) is 5.49. The molecule has 3 fully saturated rings. The maximum Gasteiger partial charge on any atom is 0.324 e. The van der Waals surface area contributed by atoms with E-state index < -0.39 is 0 Å². The molecule has 2 unspecified atom stereocenters. The molecule has 3 aliphatic rings. The second-order valence-electron chi connectivity index (χ2n) is 8.75. The number of urea groups is 1. The molecule has 5 nitrogen and oxygen atoms in total. The zero-order valence-electron chi connectivity index (χ0n) is 15.6. The SMILES string of the molecule is CC1(C)C(C=O)C1C(=O)N(C(=O)NC1CCCCC1)C1CCCCC1. The van der Waals surface area contributed by atoms with Gasteiger partial charge < -0.3 is 10.1 Å². The molecule has 0 aromatic carbocycles. The fourth-order valence-electron chi connectivity index (χ4n) is 4.83. The Bertz CT molecular complexity index is 519. The van der Waals surface area contributed by atoms with Crippen molar-refractivity contribution < 1.29 is 14.4 Å². The first-order valence-corrected chi connectivity index (χ1v) is 10.1. The third kappa shape index (κ3) is 3.75. The average molecular weight is 348 g/mol. The van der Waals surface area contributed by atoms with Crippen LogP contribution >= 0.6 is 0 Å². The van der Waals surface area contributed by atoms with E-state index in [-0.39, 0.29) is 41.3 Å². The maximum absolute atomic E-state index is 13.2. The van der Waals surface area contributed by atoms with Gasteiger partial charge in [-0.25, -0.2) is 4.79 Å². The number of imide groups is 1. The highest BCUT2D eigenvalue weighted by Gasteiger charge is 2.63. The lowest BCUT2D eigenvalue weighted by Gasteiger charge is -2.35. The second-order valence-corrected chi connectivity index (χ2v) is 8.75. The lowest BCUT2D eigenvalue weighted by molar-refractivity contribution is -0.133. The quantitative estimate of drug-likeness (QED) is 0.789. The van der Waals surface area contributed by atoms with Crippen molar-refractivity contribution in [2.75, 3.05) is 0 Å². The molecule has 0 saturated heterocycles. The summed E-state index contributed by atoms with van der Waals surface area (Å²) in [6.07, 6.45) is 11.5. The van der Waals surface area contributed by atoms with Crippen molar-refractivity contribution in [3.05, 3.63) is 0 Å². The van der Waals surface area contributed by atoms with Crippen LogP contribution in [0.15, 0.2) is 0 Å². The lowest BCUT2D eigenvalue weighted by atomic mass is 9.93. The number of nitrogens with one attached hydrogen (secondary N) is 1. The molecule has 1 N–H and O–H groups in total.